The van der Waals surface area contributed by atoms with Crippen LogP contribution in [0.1, 0.15) is 29.7 Å². The highest BCUT2D eigenvalue weighted by Gasteiger charge is 2.29. The maximum atomic E-state index is 6.30. The summed E-state index contributed by atoms with van der Waals surface area (Å²) in [6.45, 7) is 7.04. The van der Waals surface area contributed by atoms with Gasteiger partial charge in [0.1, 0.15) is 5.75 Å². The second-order valence-corrected chi connectivity index (χ2v) is 4.98. The van der Waals surface area contributed by atoms with Crippen molar-refractivity contribution < 1.29 is 4.74 Å². The molecule has 88 valence electrons. The van der Waals surface area contributed by atoms with Crippen LogP contribution in [0.5, 0.6) is 5.75 Å². The third-order valence-corrected chi connectivity index (χ3v) is 3.97. The lowest BCUT2D eigenvalue weighted by atomic mass is 9.88. The van der Waals surface area contributed by atoms with E-state index in [1.54, 1.807) is 0 Å². The van der Waals surface area contributed by atoms with Gasteiger partial charge in [-0.1, -0.05) is 18.5 Å². The predicted molar refractivity (Wildman–Crippen MR) is 67.4 cm³/mol. The molecule has 3 heteroatoms. The van der Waals surface area contributed by atoms with E-state index >= 15 is 0 Å². The van der Waals surface area contributed by atoms with Gasteiger partial charge in [-0.3, -0.25) is 0 Å². The highest BCUT2D eigenvalue weighted by molar-refractivity contribution is 6.32. The fourth-order valence-electron chi connectivity index (χ4n) is 2.47. The Balaban J connectivity index is 2.60. The molecule has 0 bridgehead atoms. The zero-order valence-corrected chi connectivity index (χ0v) is 11.0. The lowest BCUT2D eigenvalue weighted by molar-refractivity contribution is 0.192. The largest absolute Gasteiger partial charge is 0.493 e. The molecule has 2 unspecified atom stereocenters. The summed E-state index contributed by atoms with van der Waals surface area (Å²) in [5, 5.41) is 4.22. The van der Waals surface area contributed by atoms with Crippen molar-refractivity contribution in [1.29, 1.82) is 0 Å². The molecule has 1 aliphatic heterocycles. The van der Waals surface area contributed by atoms with Crippen molar-refractivity contribution in [3.8, 4) is 5.75 Å². The summed E-state index contributed by atoms with van der Waals surface area (Å²) < 4.78 is 5.79. The molecular weight excluding hydrogens is 222 g/mol. The molecule has 0 aromatic heterocycles. The van der Waals surface area contributed by atoms with Crippen LogP contribution < -0.4 is 10.1 Å². The number of aryl methyl sites for hydroxylation is 1. The first-order valence-corrected chi connectivity index (χ1v) is 6.03. The number of halogens is 1. The highest BCUT2D eigenvalue weighted by atomic mass is 35.5. The molecule has 1 N–H and O–H groups in total. The van der Waals surface area contributed by atoms with Gasteiger partial charge in [0.25, 0.3) is 0 Å². The van der Waals surface area contributed by atoms with Gasteiger partial charge in [0.15, 0.2) is 0 Å². The third-order valence-electron chi connectivity index (χ3n) is 3.39. The van der Waals surface area contributed by atoms with Gasteiger partial charge >= 0.3 is 0 Å². The molecule has 0 amide bonds. The summed E-state index contributed by atoms with van der Waals surface area (Å²) >= 11 is 6.30. The Labute approximate surface area is 102 Å². The average Bonchev–Trinajstić information content (AvgIpc) is 2.27. The van der Waals surface area contributed by atoms with Crippen LogP contribution in [-0.4, -0.2) is 13.7 Å². The molecular formula is C13H18ClNO. The first kappa shape index (κ1) is 11.7. The molecule has 2 atom stereocenters. The number of rotatable bonds is 1. The van der Waals surface area contributed by atoms with E-state index in [1.807, 2.05) is 20.0 Å². The summed E-state index contributed by atoms with van der Waals surface area (Å²) in [5.74, 6) is 1.45. The van der Waals surface area contributed by atoms with Crippen LogP contribution in [0, 0.1) is 19.8 Å². The molecule has 1 heterocycles. The van der Waals surface area contributed by atoms with E-state index in [9.17, 15) is 0 Å². The Hall–Kier alpha value is -0.730. The number of fused-ring (bicyclic) bond motifs is 1. The fraction of sp³-hybridized carbons (Fsp3) is 0.538. The second kappa shape index (κ2) is 4.27. The molecule has 1 aromatic rings. The van der Waals surface area contributed by atoms with Crippen LogP contribution in [0.4, 0.5) is 0 Å². The summed E-state index contributed by atoms with van der Waals surface area (Å²) in [5.41, 5.74) is 3.45. The molecule has 0 spiro atoms. The smallest absolute Gasteiger partial charge is 0.124 e. The monoisotopic (exact) mass is 239 g/mol. The average molecular weight is 240 g/mol. The van der Waals surface area contributed by atoms with Gasteiger partial charge in [-0.15, -0.1) is 0 Å². The topological polar surface area (TPSA) is 21.3 Å². The first-order chi connectivity index (χ1) is 7.56. The van der Waals surface area contributed by atoms with E-state index in [4.69, 9.17) is 16.3 Å². The second-order valence-electron chi connectivity index (χ2n) is 4.60. The van der Waals surface area contributed by atoms with E-state index in [0.717, 1.165) is 28.5 Å². The van der Waals surface area contributed by atoms with Gasteiger partial charge in [0.2, 0.25) is 0 Å². The molecule has 2 nitrogen and oxygen atoms in total. The first-order valence-electron chi connectivity index (χ1n) is 5.66. The van der Waals surface area contributed by atoms with Crippen molar-refractivity contribution in [2.45, 2.75) is 26.8 Å². The molecule has 0 fully saturated rings. The number of hydrogen-bond acceptors (Lipinski definition) is 2. The minimum atomic E-state index is 0.335. The van der Waals surface area contributed by atoms with Crippen LogP contribution in [0.3, 0.4) is 0 Å². The van der Waals surface area contributed by atoms with Gasteiger partial charge in [0, 0.05) is 22.5 Å². The van der Waals surface area contributed by atoms with E-state index in [1.165, 1.54) is 5.56 Å². The molecule has 0 saturated carbocycles. The Morgan fingerprint density at radius 1 is 1.44 bits per heavy atom. The Morgan fingerprint density at radius 2 is 2.12 bits per heavy atom. The molecule has 1 aliphatic rings. The molecule has 16 heavy (non-hydrogen) atoms. The van der Waals surface area contributed by atoms with E-state index in [2.05, 4.69) is 19.2 Å². The van der Waals surface area contributed by atoms with Crippen LogP contribution in [0.15, 0.2) is 6.07 Å². The van der Waals surface area contributed by atoms with Gasteiger partial charge in [-0.05, 0) is 38.1 Å². The van der Waals surface area contributed by atoms with Crippen LogP contribution in [0.2, 0.25) is 5.02 Å². The lowest BCUT2D eigenvalue weighted by Crippen LogP contribution is -2.32. The zero-order valence-electron chi connectivity index (χ0n) is 10.2. The van der Waals surface area contributed by atoms with Crippen LogP contribution in [0.25, 0.3) is 0 Å². The number of hydrogen-bond donors (Lipinski definition) is 1. The third kappa shape index (κ3) is 1.70. The SMILES string of the molecule is CNC1c2c(cc(C)c(Cl)c2C)OCC1C. The summed E-state index contributed by atoms with van der Waals surface area (Å²) in [6, 6.07) is 2.38. The van der Waals surface area contributed by atoms with Gasteiger partial charge < -0.3 is 10.1 Å². The number of nitrogens with one attached hydrogen (secondary N) is 1. The zero-order chi connectivity index (χ0) is 11.9. The normalized spacial score (nSPS) is 23.8. The van der Waals surface area contributed by atoms with Crippen molar-refractivity contribution in [3.05, 3.63) is 27.8 Å². The highest BCUT2D eigenvalue weighted by Crippen LogP contribution is 2.41. The van der Waals surface area contributed by atoms with Gasteiger partial charge in [-0.2, -0.15) is 0 Å². The van der Waals surface area contributed by atoms with Gasteiger partial charge in [-0.25, -0.2) is 0 Å². The predicted octanol–water partition coefficient (Wildman–Crippen LogP) is 3.25. The molecule has 0 radical (unpaired) electrons. The van der Waals surface area contributed by atoms with Crippen molar-refractivity contribution in [2.75, 3.05) is 13.7 Å². The Bertz CT molecular complexity index is 417. The lowest BCUT2D eigenvalue weighted by Gasteiger charge is -2.33. The molecule has 0 aliphatic carbocycles. The van der Waals surface area contributed by atoms with Crippen LogP contribution in [-0.2, 0) is 0 Å². The van der Waals surface area contributed by atoms with Crippen LogP contribution >= 0.6 is 11.6 Å². The van der Waals surface area contributed by atoms with E-state index in [0.29, 0.717) is 12.0 Å². The summed E-state index contributed by atoms with van der Waals surface area (Å²) in [7, 11) is 1.99. The standard InChI is InChI=1S/C13H18ClNO/c1-7-5-10-11(9(3)12(7)14)13(15-4)8(2)6-16-10/h5,8,13,15H,6H2,1-4H3. The molecule has 2 rings (SSSR count). The fourth-order valence-corrected chi connectivity index (χ4v) is 2.63. The maximum Gasteiger partial charge on any atom is 0.124 e. The Kier molecular flexibility index (Phi) is 3.13. The number of ether oxygens (including phenoxy) is 1. The molecule has 1 aromatic carbocycles. The Morgan fingerprint density at radius 3 is 2.75 bits per heavy atom. The minimum Gasteiger partial charge on any atom is -0.493 e. The number of benzene rings is 1. The van der Waals surface area contributed by atoms with Crippen molar-refractivity contribution in [2.24, 2.45) is 5.92 Å². The van der Waals surface area contributed by atoms with Gasteiger partial charge in [0.05, 0.1) is 6.61 Å². The summed E-state index contributed by atoms with van der Waals surface area (Å²) in [6.07, 6.45) is 0. The molecule has 0 saturated heterocycles. The quantitative estimate of drug-likeness (QED) is 0.813. The minimum absolute atomic E-state index is 0.335. The van der Waals surface area contributed by atoms with E-state index < -0.39 is 0 Å². The summed E-state index contributed by atoms with van der Waals surface area (Å²) in [4.78, 5) is 0. The maximum absolute atomic E-state index is 6.30. The van der Waals surface area contributed by atoms with Crippen molar-refractivity contribution >= 4 is 11.6 Å². The van der Waals surface area contributed by atoms with E-state index in [-0.39, 0.29) is 0 Å². The van der Waals surface area contributed by atoms with Crippen molar-refractivity contribution in [3.63, 3.8) is 0 Å². The van der Waals surface area contributed by atoms with Crippen molar-refractivity contribution in [1.82, 2.24) is 5.32 Å².